The number of hydroxylamine groups is 2. The molecule has 192 valence electrons. The average Bonchev–Trinajstić information content (AvgIpc) is 3.28. The smallest absolute Gasteiger partial charge is 0.352 e. The normalized spacial score (nSPS) is 20.6. The molecule has 1 unspecified atom stereocenters. The second kappa shape index (κ2) is 10.6. The van der Waals surface area contributed by atoms with Crippen molar-refractivity contribution >= 4 is 64.0 Å². The summed E-state index contributed by atoms with van der Waals surface area (Å²) < 4.78 is 0. The van der Waals surface area contributed by atoms with Gasteiger partial charge in [0.25, 0.3) is 5.91 Å². The maximum Gasteiger partial charge on any atom is 0.352 e. The number of hydrazone groups is 1. The van der Waals surface area contributed by atoms with Gasteiger partial charge in [-0.2, -0.15) is 5.10 Å². The summed E-state index contributed by atoms with van der Waals surface area (Å²) in [7, 11) is 0. The first-order chi connectivity index (χ1) is 16.8. The van der Waals surface area contributed by atoms with Crippen molar-refractivity contribution in [1.82, 2.24) is 5.06 Å². The topological polar surface area (TPSA) is 120 Å². The molecule has 2 aromatic carbocycles. The molecule has 0 spiro atoms. The summed E-state index contributed by atoms with van der Waals surface area (Å²) in [6.07, 6.45) is -0.226. The Labute approximate surface area is 222 Å². The molecule has 0 saturated carbocycles. The van der Waals surface area contributed by atoms with Crippen LogP contribution in [0.4, 0.5) is 5.69 Å². The second-order valence-corrected chi connectivity index (χ2v) is 10.4. The Morgan fingerprint density at radius 1 is 1.06 bits per heavy atom. The van der Waals surface area contributed by atoms with E-state index in [2.05, 4.69) is 5.10 Å². The van der Waals surface area contributed by atoms with Crippen LogP contribution < -0.4 is 5.01 Å². The van der Waals surface area contributed by atoms with Crippen molar-refractivity contribution < 1.29 is 29.4 Å². The highest BCUT2D eigenvalue weighted by Gasteiger charge is 2.48. The van der Waals surface area contributed by atoms with Crippen LogP contribution in [0.5, 0.6) is 0 Å². The molecule has 9 nitrogen and oxygen atoms in total. The summed E-state index contributed by atoms with van der Waals surface area (Å²) >= 11 is 17.8. The van der Waals surface area contributed by atoms with Crippen LogP contribution in [0.25, 0.3) is 0 Å². The summed E-state index contributed by atoms with van der Waals surface area (Å²) in [5.41, 5.74) is -0.986. The van der Waals surface area contributed by atoms with E-state index in [4.69, 9.17) is 44.7 Å². The lowest BCUT2D eigenvalue weighted by Gasteiger charge is -2.30. The Morgan fingerprint density at radius 2 is 1.72 bits per heavy atom. The SMILES string of the molecule is CC1(C(=O)O)CC(C(=O)O)=NN1c1ccc(Cl)cc1Cl.CC1(C)CON(Cc2ccccc2Cl)C1=O. The number of carboxylic acids is 2. The van der Waals surface area contributed by atoms with Gasteiger partial charge in [0.2, 0.25) is 0 Å². The zero-order valence-corrected chi connectivity index (χ0v) is 21.9. The molecule has 0 radical (unpaired) electrons. The molecule has 2 aliphatic heterocycles. The third kappa shape index (κ3) is 5.75. The maximum atomic E-state index is 11.9. The largest absolute Gasteiger partial charge is 0.479 e. The number of benzene rings is 2. The monoisotopic (exact) mass is 555 g/mol. The van der Waals surface area contributed by atoms with Crippen LogP contribution in [0.1, 0.15) is 32.8 Å². The highest BCUT2D eigenvalue weighted by Crippen LogP contribution is 2.38. The lowest BCUT2D eigenvalue weighted by atomic mass is 9.95. The number of aliphatic carboxylic acids is 2. The Morgan fingerprint density at radius 3 is 2.25 bits per heavy atom. The van der Waals surface area contributed by atoms with E-state index in [1.807, 2.05) is 38.1 Å². The number of amides is 1. The maximum absolute atomic E-state index is 11.9. The molecular weight excluding hydrogens is 533 g/mol. The van der Waals surface area contributed by atoms with Crippen LogP contribution in [0.15, 0.2) is 47.6 Å². The number of carbonyl (C=O) groups excluding carboxylic acids is 1. The lowest BCUT2D eigenvalue weighted by Crippen LogP contribution is -2.47. The standard InChI is InChI=1S/C12H10Cl2N2O4.C12H14ClNO2/c1-12(11(19)20)5-8(10(17)18)15-16(12)9-3-2-6(13)4-7(9)14;1-12(2)8-16-14(11(12)15)7-9-5-3-4-6-10(9)13/h2-4H,5H2,1H3,(H,17,18)(H,19,20);3-6H,7-8H2,1-2H3. The van der Waals surface area contributed by atoms with Crippen LogP contribution in [-0.4, -0.2) is 51.0 Å². The number of carboxylic acid groups (broad SMARTS) is 2. The van der Waals surface area contributed by atoms with Gasteiger partial charge in [-0.25, -0.2) is 19.7 Å². The first-order valence-electron chi connectivity index (χ1n) is 10.7. The van der Waals surface area contributed by atoms with Gasteiger partial charge in [-0.1, -0.05) is 53.0 Å². The third-order valence-electron chi connectivity index (χ3n) is 5.70. The zero-order chi connectivity index (χ0) is 26.8. The van der Waals surface area contributed by atoms with Crippen LogP contribution in [0, 0.1) is 5.41 Å². The van der Waals surface area contributed by atoms with Gasteiger partial charge in [0, 0.05) is 16.5 Å². The van der Waals surface area contributed by atoms with Gasteiger partial charge in [0.1, 0.15) is 5.71 Å². The van der Waals surface area contributed by atoms with Crippen molar-refractivity contribution in [3.8, 4) is 0 Å². The molecule has 1 amide bonds. The van der Waals surface area contributed by atoms with E-state index in [1.54, 1.807) is 0 Å². The van der Waals surface area contributed by atoms with Gasteiger partial charge < -0.3 is 10.2 Å². The van der Waals surface area contributed by atoms with E-state index in [-0.39, 0.29) is 28.7 Å². The Kier molecular flexibility index (Phi) is 8.20. The molecule has 36 heavy (non-hydrogen) atoms. The molecule has 2 aromatic rings. The van der Waals surface area contributed by atoms with Crippen LogP contribution in [0.3, 0.4) is 0 Å². The number of hydrogen-bond acceptors (Lipinski definition) is 6. The molecule has 2 aliphatic rings. The fourth-order valence-electron chi connectivity index (χ4n) is 3.52. The van der Waals surface area contributed by atoms with Crippen molar-refractivity contribution in [2.45, 2.75) is 39.3 Å². The summed E-state index contributed by atoms with van der Waals surface area (Å²) in [6, 6.07) is 11.9. The second-order valence-electron chi connectivity index (χ2n) is 9.11. The molecule has 0 aliphatic carbocycles. The molecule has 2 N–H and O–H groups in total. The highest BCUT2D eigenvalue weighted by atomic mass is 35.5. The minimum Gasteiger partial charge on any atom is -0.479 e. The fraction of sp³-hybridized carbons (Fsp3) is 0.333. The predicted molar refractivity (Wildman–Crippen MR) is 136 cm³/mol. The predicted octanol–water partition coefficient (Wildman–Crippen LogP) is 5.13. The fourth-order valence-corrected chi connectivity index (χ4v) is 4.20. The van der Waals surface area contributed by atoms with Crippen molar-refractivity contribution in [3.63, 3.8) is 0 Å². The van der Waals surface area contributed by atoms with Gasteiger partial charge in [-0.05, 0) is 50.6 Å². The minimum absolute atomic E-state index is 0.00687. The average molecular weight is 557 g/mol. The van der Waals surface area contributed by atoms with Crippen molar-refractivity contribution in [3.05, 3.63) is 63.1 Å². The summed E-state index contributed by atoms with van der Waals surface area (Å²) in [4.78, 5) is 39.8. The first kappa shape index (κ1) is 27.7. The Balaban J connectivity index is 0.000000205. The number of nitrogens with zero attached hydrogens (tertiary/aromatic N) is 3. The number of anilines is 1. The van der Waals surface area contributed by atoms with Gasteiger partial charge in [0.15, 0.2) is 5.54 Å². The van der Waals surface area contributed by atoms with Gasteiger partial charge in [0.05, 0.1) is 29.3 Å². The van der Waals surface area contributed by atoms with Crippen LogP contribution in [-0.2, 0) is 25.8 Å². The molecule has 0 bridgehead atoms. The minimum atomic E-state index is -1.51. The summed E-state index contributed by atoms with van der Waals surface area (Å²) in [5.74, 6) is -2.44. The molecule has 0 aromatic heterocycles. The highest BCUT2D eigenvalue weighted by molar-refractivity contribution is 6.38. The molecule has 4 rings (SSSR count). The van der Waals surface area contributed by atoms with Crippen LogP contribution >= 0.6 is 34.8 Å². The molecule has 2 heterocycles. The lowest BCUT2D eigenvalue weighted by molar-refractivity contribution is -0.165. The quantitative estimate of drug-likeness (QED) is 0.524. The summed E-state index contributed by atoms with van der Waals surface area (Å²) in [6.45, 7) is 5.97. The van der Waals surface area contributed by atoms with E-state index in [0.29, 0.717) is 23.2 Å². The van der Waals surface area contributed by atoms with Crippen molar-refractivity contribution in [1.29, 1.82) is 0 Å². The Hall–Kier alpha value is -2.85. The molecular formula is C24H24Cl3N3O6. The van der Waals surface area contributed by atoms with E-state index in [0.717, 1.165) is 10.6 Å². The van der Waals surface area contributed by atoms with Crippen LogP contribution in [0.2, 0.25) is 15.1 Å². The van der Waals surface area contributed by atoms with Crippen molar-refractivity contribution in [2.75, 3.05) is 11.6 Å². The first-order valence-corrected chi connectivity index (χ1v) is 11.9. The molecule has 1 saturated heterocycles. The zero-order valence-electron chi connectivity index (χ0n) is 19.7. The van der Waals surface area contributed by atoms with E-state index < -0.39 is 22.9 Å². The van der Waals surface area contributed by atoms with Gasteiger partial charge in [-0.15, -0.1) is 0 Å². The number of rotatable bonds is 5. The molecule has 1 fully saturated rings. The number of carbonyl (C=O) groups is 3. The van der Waals surface area contributed by atoms with Crippen molar-refractivity contribution in [2.24, 2.45) is 10.5 Å². The number of halogens is 3. The van der Waals surface area contributed by atoms with E-state index >= 15 is 0 Å². The van der Waals surface area contributed by atoms with E-state index in [1.165, 1.54) is 30.2 Å². The van der Waals surface area contributed by atoms with E-state index in [9.17, 15) is 19.5 Å². The molecule has 12 heteroatoms. The van der Waals surface area contributed by atoms with Gasteiger partial charge in [-0.3, -0.25) is 9.63 Å². The number of hydrogen-bond donors (Lipinski definition) is 2. The third-order valence-corrected chi connectivity index (χ3v) is 6.61. The van der Waals surface area contributed by atoms with Gasteiger partial charge >= 0.3 is 11.9 Å². The molecule has 1 atom stereocenters. The Bertz CT molecular complexity index is 1240. The summed E-state index contributed by atoms with van der Waals surface area (Å²) in [5, 5.41) is 26.0.